The SMILES string of the molecule is Cc1ccc([O-])c(C=N[C@H](C)c2ccccc2)c1. The van der Waals surface area contributed by atoms with Gasteiger partial charge in [-0.15, -0.1) is 5.75 Å². The van der Waals surface area contributed by atoms with Gasteiger partial charge in [-0.2, -0.15) is 0 Å². The molecule has 92 valence electrons. The third-order valence-electron chi connectivity index (χ3n) is 2.88. The van der Waals surface area contributed by atoms with Crippen molar-refractivity contribution in [1.82, 2.24) is 0 Å². The maximum Gasteiger partial charge on any atom is 0.0721 e. The summed E-state index contributed by atoms with van der Waals surface area (Å²) in [6, 6.07) is 15.4. The Morgan fingerprint density at radius 1 is 1.11 bits per heavy atom. The molecule has 0 aliphatic heterocycles. The number of hydrogen-bond acceptors (Lipinski definition) is 2. The van der Waals surface area contributed by atoms with E-state index < -0.39 is 0 Å². The molecule has 0 saturated heterocycles. The Morgan fingerprint density at radius 2 is 1.83 bits per heavy atom. The topological polar surface area (TPSA) is 35.4 Å². The summed E-state index contributed by atoms with van der Waals surface area (Å²) in [4.78, 5) is 4.44. The van der Waals surface area contributed by atoms with Crippen LogP contribution in [0.25, 0.3) is 0 Å². The fourth-order valence-corrected chi connectivity index (χ4v) is 1.78. The molecule has 0 N–H and O–H groups in total. The lowest BCUT2D eigenvalue weighted by Crippen LogP contribution is -1.97. The molecule has 1 atom stereocenters. The van der Waals surface area contributed by atoms with Gasteiger partial charge in [0.05, 0.1) is 6.04 Å². The standard InChI is InChI=1S/C16H17NO/c1-12-8-9-16(18)15(10-12)11-17-13(2)14-6-4-3-5-7-14/h3-11,13,18H,1-2H3/p-1/t13-/m1/s1. The van der Waals surface area contributed by atoms with Gasteiger partial charge in [-0.05, 0) is 25.0 Å². The van der Waals surface area contributed by atoms with Gasteiger partial charge in [0.2, 0.25) is 0 Å². The summed E-state index contributed by atoms with van der Waals surface area (Å²) in [6.07, 6.45) is 1.67. The highest BCUT2D eigenvalue weighted by Crippen LogP contribution is 2.18. The number of hydrogen-bond donors (Lipinski definition) is 0. The van der Waals surface area contributed by atoms with E-state index in [9.17, 15) is 5.11 Å². The van der Waals surface area contributed by atoms with Crippen LogP contribution in [0.2, 0.25) is 0 Å². The molecule has 0 spiro atoms. The average molecular weight is 238 g/mol. The van der Waals surface area contributed by atoms with Crippen molar-refractivity contribution < 1.29 is 5.11 Å². The minimum atomic E-state index is 0.0182. The lowest BCUT2D eigenvalue weighted by Gasteiger charge is -2.11. The van der Waals surface area contributed by atoms with Crippen molar-refractivity contribution in [1.29, 1.82) is 0 Å². The molecule has 0 fully saturated rings. The second kappa shape index (κ2) is 5.50. The van der Waals surface area contributed by atoms with Crippen molar-refractivity contribution in [2.24, 2.45) is 4.99 Å². The summed E-state index contributed by atoms with van der Waals surface area (Å²) in [7, 11) is 0. The normalized spacial score (nSPS) is 12.8. The molecular weight excluding hydrogens is 222 g/mol. The highest BCUT2D eigenvalue weighted by molar-refractivity contribution is 5.83. The second-order valence-electron chi connectivity index (χ2n) is 4.41. The Kier molecular flexibility index (Phi) is 3.78. The molecule has 2 rings (SSSR count). The van der Waals surface area contributed by atoms with E-state index in [0.717, 1.165) is 11.1 Å². The highest BCUT2D eigenvalue weighted by atomic mass is 16.3. The van der Waals surface area contributed by atoms with Crippen molar-refractivity contribution in [2.75, 3.05) is 0 Å². The fourth-order valence-electron chi connectivity index (χ4n) is 1.78. The van der Waals surface area contributed by atoms with Crippen molar-refractivity contribution in [3.63, 3.8) is 0 Å². The van der Waals surface area contributed by atoms with Crippen LogP contribution in [0.15, 0.2) is 53.5 Å². The molecule has 0 unspecified atom stereocenters. The summed E-state index contributed by atoms with van der Waals surface area (Å²) in [6.45, 7) is 3.99. The molecule has 0 amide bonds. The van der Waals surface area contributed by atoms with E-state index in [1.54, 1.807) is 12.3 Å². The van der Waals surface area contributed by atoms with E-state index in [4.69, 9.17) is 0 Å². The number of nitrogens with zero attached hydrogens (tertiary/aromatic N) is 1. The van der Waals surface area contributed by atoms with Gasteiger partial charge in [-0.25, -0.2) is 0 Å². The minimum absolute atomic E-state index is 0.0182. The average Bonchev–Trinajstić information content (AvgIpc) is 2.40. The lowest BCUT2D eigenvalue weighted by molar-refractivity contribution is -0.268. The maximum absolute atomic E-state index is 11.6. The largest absolute Gasteiger partial charge is 0.872 e. The molecule has 0 aliphatic carbocycles. The molecule has 0 heterocycles. The number of aliphatic imine (C=N–C) groups is 1. The van der Waals surface area contributed by atoms with Crippen LogP contribution in [0.1, 0.15) is 29.7 Å². The van der Waals surface area contributed by atoms with Gasteiger partial charge in [0.15, 0.2) is 0 Å². The molecule has 0 saturated carbocycles. The van der Waals surface area contributed by atoms with Gasteiger partial charge in [-0.1, -0.05) is 54.1 Å². The van der Waals surface area contributed by atoms with Gasteiger partial charge in [-0.3, -0.25) is 4.99 Å². The Labute approximate surface area is 108 Å². The zero-order chi connectivity index (χ0) is 13.0. The van der Waals surface area contributed by atoms with Crippen LogP contribution in [0.5, 0.6) is 5.75 Å². The van der Waals surface area contributed by atoms with Crippen molar-refractivity contribution in [2.45, 2.75) is 19.9 Å². The van der Waals surface area contributed by atoms with E-state index in [0.29, 0.717) is 5.56 Å². The summed E-state index contributed by atoms with van der Waals surface area (Å²) >= 11 is 0. The molecule has 0 aliphatic rings. The van der Waals surface area contributed by atoms with Crippen LogP contribution in [0.3, 0.4) is 0 Å². The maximum atomic E-state index is 11.6. The van der Waals surface area contributed by atoms with Crippen LogP contribution in [0.4, 0.5) is 0 Å². The Morgan fingerprint density at radius 3 is 2.56 bits per heavy atom. The summed E-state index contributed by atoms with van der Waals surface area (Å²) in [5.74, 6) is 0.0182. The van der Waals surface area contributed by atoms with E-state index in [1.165, 1.54) is 0 Å². The fraction of sp³-hybridized carbons (Fsp3) is 0.188. The van der Waals surface area contributed by atoms with Gasteiger partial charge in [0, 0.05) is 6.21 Å². The number of rotatable bonds is 3. The van der Waals surface area contributed by atoms with Crippen LogP contribution in [0, 0.1) is 6.92 Å². The summed E-state index contributed by atoms with van der Waals surface area (Å²) in [5, 5.41) is 11.6. The van der Waals surface area contributed by atoms with Crippen LogP contribution >= 0.6 is 0 Å². The van der Waals surface area contributed by atoms with Gasteiger partial charge in [0.25, 0.3) is 0 Å². The second-order valence-corrected chi connectivity index (χ2v) is 4.41. The number of benzene rings is 2. The summed E-state index contributed by atoms with van der Waals surface area (Å²) < 4.78 is 0. The quantitative estimate of drug-likeness (QED) is 0.756. The Bertz CT molecular complexity index is 546. The predicted octanol–water partition coefficient (Wildman–Crippen LogP) is 3.25. The zero-order valence-electron chi connectivity index (χ0n) is 10.6. The van der Waals surface area contributed by atoms with E-state index in [2.05, 4.69) is 4.99 Å². The molecule has 0 radical (unpaired) electrons. The van der Waals surface area contributed by atoms with Crippen molar-refractivity contribution in [3.05, 3.63) is 65.2 Å². The van der Waals surface area contributed by atoms with Crippen molar-refractivity contribution >= 4 is 6.21 Å². The third kappa shape index (κ3) is 2.98. The molecule has 2 nitrogen and oxygen atoms in total. The third-order valence-corrected chi connectivity index (χ3v) is 2.88. The smallest absolute Gasteiger partial charge is 0.0721 e. The molecule has 2 aromatic rings. The van der Waals surface area contributed by atoms with Crippen molar-refractivity contribution in [3.8, 4) is 5.75 Å². The molecule has 2 aromatic carbocycles. The highest BCUT2D eigenvalue weighted by Gasteiger charge is 2.00. The monoisotopic (exact) mass is 238 g/mol. The Hall–Kier alpha value is -2.09. The lowest BCUT2D eigenvalue weighted by atomic mass is 10.1. The molecular formula is C16H16NO-. The van der Waals surface area contributed by atoms with Crippen LogP contribution in [-0.4, -0.2) is 6.21 Å². The zero-order valence-corrected chi connectivity index (χ0v) is 10.6. The molecule has 2 heteroatoms. The van der Waals surface area contributed by atoms with Gasteiger partial charge < -0.3 is 5.11 Å². The molecule has 0 bridgehead atoms. The predicted molar refractivity (Wildman–Crippen MR) is 73.1 cm³/mol. The van der Waals surface area contributed by atoms with E-state index >= 15 is 0 Å². The van der Waals surface area contributed by atoms with Gasteiger partial charge in [0.1, 0.15) is 0 Å². The first-order chi connectivity index (χ1) is 8.66. The van der Waals surface area contributed by atoms with Gasteiger partial charge >= 0.3 is 0 Å². The number of aryl methyl sites for hydroxylation is 1. The first-order valence-electron chi connectivity index (χ1n) is 6.02. The van der Waals surface area contributed by atoms with E-state index in [-0.39, 0.29) is 11.8 Å². The van der Waals surface area contributed by atoms with Crippen LogP contribution < -0.4 is 5.11 Å². The minimum Gasteiger partial charge on any atom is -0.872 e. The van der Waals surface area contributed by atoms with E-state index in [1.807, 2.05) is 56.3 Å². The first kappa shape index (κ1) is 12.4. The molecule has 0 aromatic heterocycles. The molecule has 18 heavy (non-hydrogen) atoms. The van der Waals surface area contributed by atoms with Crippen LogP contribution in [-0.2, 0) is 0 Å². The first-order valence-corrected chi connectivity index (χ1v) is 6.02. The Balaban J connectivity index is 2.18. The summed E-state index contributed by atoms with van der Waals surface area (Å²) in [5.41, 5.74) is 2.87.